The van der Waals surface area contributed by atoms with Crippen molar-refractivity contribution in [1.29, 1.82) is 0 Å². The molecule has 4 atom stereocenters. The third kappa shape index (κ3) is 3.51. The maximum Gasteiger partial charge on any atom is 0.117 e. The Morgan fingerprint density at radius 2 is 1.94 bits per heavy atom. The summed E-state index contributed by atoms with van der Waals surface area (Å²) in [6, 6.07) is 0. The third-order valence-corrected chi connectivity index (χ3v) is 3.73. The summed E-state index contributed by atoms with van der Waals surface area (Å²) in [6.07, 6.45) is 3.30. The molecule has 0 radical (unpaired) electrons. The highest BCUT2D eigenvalue weighted by molar-refractivity contribution is 4.93. The molecular weight excluding hydrogens is 200 g/mol. The lowest BCUT2D eigenvalue weighted by molar-refractivity contribution is -0.0223. The van der Waals surface area contributed by atoms with E-state index in [-0.39, 0.29) is 6.10 Å². The Balaban J connectivity index is 2.61. The molecule has 0 amide bonds. The van der Waals surface area contributed by atoms with Crippen LogP contribution in [0.3, 0.4) is 0 Å². The van der Waals surface area contributed by atoms with Gasteiger partial charge in [-0.25, -0.2) is 0 Å². The molecule has 0 saturated heterocycles. The first-order chi connectivity index (χ1) is 7.41. The molecule has 94 valence electrons. The SMILES string of the molecule is C=C(O[C@@H]1C[C@H](C)CC[C@H]1C(C)C)[C@H](C)O. The van der Waals surface area contributed by atoms with Crippen LogP contribution in [0, 0.1) is 17.8 Å². The highest BCUT2D eigenvalue weighted by atomic mass is 16.5. The van der Waals surface area contributed by atoms with Crippen LogP contribution in [0.4, 0.5) is 0 Å². The molecule has 1 aliphatic carbocycles. The van der Waals surface area contributed by atoms with Crippen LogP contribution < -0.4 is 0 Å². The van der Waals surface area contributed by atoms with E-state index in [0.29, 0.717) is 17.6 Å². The Hall–Kier alpha value is -0.500. The molecule has 0 aromatic heterocycles. The van der Waals surface area contributed by atoms with Gasteiger partial charge >= 0.3 is 0 Å². The second kappa shape index (κ2) is 5.72. The lowest BCUT2D eigenvalue weighted by atomic mass is 9.75. The molecule has 0 aliphatic heterocycles. The van der Waals surface area contributed by atoms with Gasteiger partial charge in [0.05, 0.1) is 0 Å². The van der Waals surface area contributed by atoms with E-state index in [2.05, 4.69) is 27.4 Å². The van der Waals surface area contributed by atoms with E-state index in [1.54, 1.807) is 6.92 Å². The Labute approximate surface area is 99.7 Å². The molecule has 1 rings (SSSR count). The highest BCUT2D eigenvalue weighted by Crippen LogP contribution is 2.36. The summed E-state index contributed by atoms with van der Waals surface area (Å²) in [5.41, 5.74) is 0. The lowest BCUT2D eigenvalue weighted by Crippen LogP contribution is -2.35. The molecule has 2 heteroatoms. The van der Waals surface area contributed by atoms with Crippen LogP contribution >= 0.6 is 0 Å². The first-order valence-corrected chi connectivity index (χ1v) is 6.45. The average Bonchev–Trinajstić information content (AvgIpc) is 2.16. The van der Waals surface area contributed by atoms with Gasteiger partial charge in [0.2, 0.25) is 0 Å². The predicted octanol–water partition coefficient (Wildman–Crippen LogP) is 3.36. The molecular formula is C14H26O2. The second-order valence-corrected chi connectivity index (χ2v) is 5.62. The van der Waals surface area contributed by atoms with Crippen molar-refractivity contribution in [3.05, 3.63) is 12.3 Å². The van der Waals surface area contributed by atoms with E-state index >= 15 is 0 Å². The summed E-state index contributed by atoms with van der Waals surface area (Å²) in [6.45, 7) is 12.3. The number of aliphatic hydroxyl groups is 1. The van der Waals surface area contributed by atoms with Gasteiger partial charge in [0.15, 0.2) is 0 Å². The summed E-state index contributed by atoms with van der Waals surface area (Å²) >= 11 is 0. The van der Waals surface area contributed by atoms with Crippen LogP contribution in [0.1, 0.15) is 47.0 Å². The van der Waals surface area contributed by atoms with Crippen molar-refractivity contribution in [2.24, 2.45) is 17.8 Å². The van der Waals surface area contributed by atoms with Gasteiger partial charge in [-0.1, -0.05) is 33.8 Å². The van der Waals surface area contributed by atoms with Gasteiger partial charge in [0.25, 0.3) is 0 Å². The standard InChI is InChI=1S/C14H26O2/c1-9(2)13-7-6-10(3)8-14(13)16-12(5)11(4)15/h9-11,13-15H,5-8H2,1-4H3/t10-,11+,13+,14-/m1/s1. The summed E-state index contributed by atoms with van der Waals surface area (Å²) in [7, 11) is 0. The zero-order chi connectivity index (χ0) is 12.3. The van der Waals surface area contributed by atoms with E-state index in [0.717, 1.165) is 12.3 Å². The minimum absolute atomic E-state index is 0.242. The third-order valence-electron chi connectivity index (χ3n) is 3.73. The van der Waals surface area contributed by atoms with Gasteiger partial charge in [-0.3, -0.25) is 0 Å². The largest absolute Gasteiger partial charge is 0.492 e. The zero-order valence-corrected chi connectivity index (χ0v) is 11.1. The fourth-order valence-electron chi connectivity index (χ4n) is 2.54. The van der Waals surface area contributed by atoms with Crippen LogP contribution in [-0.2, 0) is 4.74 Å². The molecule has 0 aromatic carbocycles. The van der Waals surface area contributed by atoms with Crippen molar-refractivity contribution < 1.29 is 9.84 Å². The molecule has 0 heterocycles. The van der Waals surface area contributed by atoms with Gasteiger partial charge < -0.3 is 9.84 Å². The average molecular weight is 226 g/mol. The molecule has 0 spiro atoms. The quantitative estimate of drug-likeness (QED) is 0.745. The predicted molar refractivity (Wildman–Crippen MR) is 67.0 cm³/mol. The first-order valence-electron chi connectivity index (χ1n) is 6.45. The van der Waals surface area contributed by atoms with Crippen molar-refractivity contribution in [2.45, 2.75) is 59.2 Å². The van der Waals surface area contributed by atoms with E-state index < -0.39 is 6.10 Å². The molecule has 0 bridgehead atoms. The fraction of sp³-hybridized carbons (Fsp3) is 0.857. The van der Waals surface area contributed by atoms with Crippen molar-refractivity contribution in [1.82, 2.24) is 0 Å². The molecule has 0 unspecified atom stereocenters. The number of rotatable bonds is 4. The van der Waals surface area contributed by atoms with Crippen molar-refractivity contribution in [3.63, 3.8) is 0 Å². The number of hydrogen-bond donors (Lipinski definition) is 1. The molecule has 1 N–H and O–H groups in total. The van der Waals surface area contributed by atoms with Crippen LogP contribution in [0.2, 0.25) is 0 Å². The van der Waals surface area contributed by atoms with E-state index in [1.165, 1.54) is 12.8 Å². The topological polar surface area (TPSA) is 29.5 Å². The maximum atomic E-state index is 9.42. The van der Waals surface area contributed by atoms with Crippen LogP contribution in [0.25, 0.3) is 0 Å². The van der Waals surface area contributed by atoms with E-state index in [1.807, 2.05) is 0 Å². The van der Waals surface area contributed by atoms with E-state index in [9.17, 15) is 5.11 Å². The van der Waals surface area contributed by atoms with Crippen molar-refractivity contribution in [3.8, 4) is 0 Å². The van der Waals surface area contributed by atoms with Gasteiger partial charge in [-0.05, 0) is 37.5 Å². The minimum atomic E-state index is -0.565. The molecule has 16 heavy (non-hydrogen) atoms. The Morgan fingerprint density at radius 1 is 1.31 bits per heavy atom. The summed E-state index contributed by atoms with van der Waals surface area (Å²) in [5, 5.41) is 9.42. The van der Waals surface area contributed by atoms with Gasteiger partial charge in [0.1, 0.15) is 18.0 Å². The second-order valence-electron chi connectivity index (χ2n) is 5.62. The number of hydrogen-bond acceptors (Lipinski definition) is 2. The Morgan fingerprint density at radius 3 is 2.44 bits per heavy atom. The van der Waals surface area contributed by atoms with Crippen LogP contribution in [0.5, 0.6) is 0 Å². The zero-order valence-electron chi connectivity index (χ0n) is 11.1. The van der Waals surface area contributed by atoms with Crippen LogP contribution in [-0.4, -0.2) is 17.3 Å². The molecule has 2 nitrogen and oxygen atoms in total. The Kier molecular flexibility index (Phi) is 4.85. The molecule has 1 fully saturated rings. The van der Waals surface area contributed by atoms with Crippen LogP contribution in [0.15, 0.2) is 12.3 Å². The summed E-state index contributed by atoms with van der Waals surface area (Å²) < 4.78 is 5.85. The molecule has 0 aromatic rings. The van der Waals surface area contributed by atoms with Crippen molar-refractivity contribution in [2.75, 3.05) is 0 Å². The minimum Gasteiger partial charge on any atom is -0.492 e. The van der Waals surface area contributed by atoms with Gasteiger partial charge in [-0.15, -0.1) is 0 Å². The number of ether oxygens (including phenoxy) is 1. The fourth-order valence-corrected chi connectivity index (χ4v) is 2.54. The first kappa shape index (κ1) is 13.6. The van der Waals surface area contributed by atoms with E-state index in [4.69, 9.17) is 4.74 Å². The monoisotopic (exact) mass is 226 g/mol. The molecule has 1 aliphatic rings. The number of aliphatic hydroxyl groups excluding tert-OH is 1. The molecule has 1 saturated carbocycles. The smallest absolute Gasteiger partial charge is 0.117 e. The lowest BCUT2D eigenvalue weighted by Gasteiger charge is -2.38. The maximum absolute atomic E-state index is 9.42. The summed E-state index contributed by atoms with van der Waals surface area (Å²) in [4.78, 5) is 0. The summed E-state index contributed by atoms with van der Waals surface area (Å²) in [5.74, 6) is 2.48. The highest BCUT2D eigenvalue weighted by Gasteiger charge is 2.32. The van der Waals surface area contributed by atoms with Gasteiger partial charge in [-0.2, -0.15) is 0 Å². The van der Waals surface area contributed by atoms with Gasteiger partial charge in [0, 0.05) is 0 Å². The Bertz CT molecular complexity index is 233. The normalized spacial score (nSPS) is 32.5. The van der Waals surface area contributed by atoms with Crippen molar-refractivity contribution >= 4 is 0 Å².